The van der Waals surface area contributed by atoms with Gasteiger partial charge in [0.25, 0.3) is 0 Å². The molecule has 0 amide bonds. The third-order valence-electron chi connectivity index (χ3n) is 1.61. The summed E-state index contributed by atoms with van der Waals surface area (Å²) in [5, 5.41) is 6.86. The van der Waals surface area contributed by atoms with E-state index in [4.69, 9.17) is 0 Å². The SMILES string of the molecule is CNCC(=O)c1nn(C)cc1C. The molecule has 4 nitrogen and oxygen atoms in total. The van der Waals surface area contributed by atoms with Gasteiger partial charge >= 0.3 is 0 Å². The third-order valence-corrected chi connectivity index (χ3v) is 1.61. The van der Waals surface area contributed by atoms with Crippen LogP contribution < -0.4 is 5.32 Å². The maximum atomic E-state index is 11.3. The van der Waals surface area contributed by atoms with Crippen molar-refractivity contribution in [3.05, 3.63) is 17.5 Å². The predicted molar refractivity (Wildman–Crippen MR) is 46.2 cm³/mol. The Balaban J connectivity index is 2.87. The minimum Gasteiger partial charge on any atom is -0.313 e. The summed E-state index contributed by atoms with van der Waals surface area (Å²) in [6, 6.07) is 0. The number of ketones is 1. The van der Waals surface area contributed by atoms with Crippen LogP contribution in [0.25, 0.3) is 0 Å². The van der Waals surface area contributed by atoms with Crippen LogP contribution >= 0.6 is 0 Å². The minimum absolute atomic E-state index is 0.0376. The van der Waals surface area contributed by atoms with Gasteiger partial charge in [-0.25, -0.2) is 0 Å². The average molecular weight is 167 g/mol. The molecule has 1 N–H and O–H groups in total. The van der Waals surface area contributed by atoms with Crippen molar-refractivity contribution in [3.8, 4) is 0 Å². The van der Waals surface area contributed by atoms with E-state index >= 15 is 0 Å². The molecule has 0 aliphatic carbocycles. The fourth-order valence-electron chi connectivity index (χ4n) is 1.13. The second-order valence-corrected chi connectivity index (χ2v) is 2.79. The van der Waals surface area contributed by atoms with E-state index < -0.39 is 0 Å². The highest BCUT2D eigenvalue weighted by Gasteiger charge is 2.11. The molecule has 0 atom stereocenters. The number of Topliss-reactive ketones (excluding diaryl/α,β-unsaturated/α-hetero) is 1. The quantitative estimate of drug-likeness (QED) is 0.651. The number of carbonyl (C=O) groups is 1. The van der Waals surface area contributed by atoms with Gasteiger partial charge in [0.2, 0.25) is 0 Å². The molecule has 1 rings (SSSR count). The highest BCUT2D eigenvalue weighted by atomic mass is 16.1. The van der Waals surface area contributed by atoms with E-state index in [-0.39, 0.29) is 5.78 Å². The first-order valence-corrected chi connectivity index (χ1v) is 3.83. The van der Waals surface area contributed by atoms with Gasteiger partial charge in [0.1, 0.15) is 5.69 Å². The van der Waals surface area contributed by atoms with E-state index in [0.717, 1.165) is 5.56 Å². The second kappa shape index (κ2) is 3.49. The highest BCUT2D eigenvalue weighted by molar-refractivity contribution is 5.96. The van der Waals surface area contributed by atoms with Crippen LogP contribution in [0, 0.1) is 6.92 Å². The largest absolute Gasteiger partial charge is 0.313 e. The summed E-state index contributed by atoms with van der Waals surface area (Å²) in [6.45, 7) is 2.23. The van der Waals surface area contributed by atoms with Crippen molar-refractivity contribution in [2.45, 2.75) is 6.92 Å². The number of nitrogens with one attached hydrogen (secondary N) is 1. The van der Waals surface area contributed by atoms with Crippen molar-refractivity contribution in [3.63, 3.8) is 0 Å². The first-order valence-electron chi connectivity index (χ1n) is 3.83. The van der Waals surface area contributed by atoms with Crippen molar-refractivity contribution < 1.29 is 4.79 Å². The van der Waals surface area contributed by atoms with E-state index in [2.05, 4.69) is 10.4 Å². The number of carbonyl (C=O) groups excluding carboxylic acids is 1. The van der Waals surface area contributed by atoms with Crippen LogP contribution in [0.15, 0.2) is 6.20 Å². The molecule has 0 bridgehead atoms. The Hall–Kier alpha value is -1.16. The molecular formula is C8H13N3O. The molecule has 0 aliphatic heterocycles. The van der Waals surface area contributed by atoms with Crippen molar-refractivity contribution >= 4 is 5.78 Å². The smallest absolute Gasteiger partial charge is 0.197 e. The van der Waals surface area contributed by atoms with Gasteiger partial charge in [0.15, 0.2) is 5.78 Å². The van der Waals surface area contributed by atoms with Crippen LogP contribution in [-0.2, 0) is 7.05 Å². The van der Waals surface area contributed by atoms with Crippen molar-refractivity contribution in [2.24, 2.45) is 7.05 Å². The molecule has 0 unspecified atom stereocenters. The lowest BCUT2D eigenvalue weighted by Crippen LogP contribution is -2.19. The lowest BCUT2D eigenvalue weighted by Gasteiger charge is -1.95. The van der Waals surface area contributed by atoms with Gasteiger partial charge in [-0.15, -0.1) is 0 Å². The summed E-state index contributed by atoms with van der Waals surface area (Å²) in [7, 11) is 3.55. The second-order valence-electron chi connectivity index (χ2n) is 2.79. The Morgan fingerprint density at radius 3 is 2.83 bits per heavy atom. The summed E-state index contributed by atoms with van der Waals surface area (Å²) in [5.41, 5.74) is 1.49. The predicted octanol–water partition coefficient (Wildman–Crippen LogP) is 0.131. The van der Waals surface area contributed by atoms with Gasteiger partial charge in [-0.2, -0.15) is 5.10 Å². The van der Waals surface area contributed by atoms with Crippen LogP contribution in [-0.4, -0.2) is 29.2 Å². The van der Waals surface area contributed by atoms with E-state index in [1.807, 2.05) is 20.2 Å². The molecule has 0 spiro atoms. The third kappa shape index (κ3) is 1.71. The molecule has 0 saturated carbocycles. The lowest BCUT2D eigenvalue weighted by molar-refractivity contribution is 0.0987. The molecule has 1 heterocycles. The summed E-state index contributed by atoms with van der Waals surface area (Å²) in [6.07, 6.45) is 1.84. The van der Waals surface area contributed by atoms with E-state index in [9.17, 15) is 4.79 Å². The van der Waals surface area contributed by atoms with Gasteiger partial charge in [-0.05, 0) is 19.5 Å². The van der Waals surface area contributed by atoms with Crippen LogP contribution in [0.2, 0.25) is 0 Å². The number of hydrogen-bond acceptors (Lipinski definition) is 3. The minimum atomic E-state index is 0.0376. The molecule has 12 heavy (non-hydrogen) atoms. The zero-order valence-corrected chi connectivity index (χ0v) is 7.59. The number of hydrogen-bond donors (Lipinski definition) is 1. The van der Waals surface area contributed by atoms with Gasteiger partial charge in [-0.3, -0.25) is 9.48 Å². The summed E-state index contributed by atoms with van der Waals surface area (Å²) in [4.78, 5) is 11.3. The molecule has 0 aromatic carbocycles. The number of likely N-dealkylation sites (N-methyl/N-ethyl adjacent to an activating group) is 1. The molecule has 4 heteroatoms. The number of aryl methyl sites for hydroxylation is 2. The van der Waals surface area contributed by atoms with E-state index in [0.29, 0.717) is 12.2 Å². The van der Waals surface area contributed by atoms with Crippen LogP contribution in [0.1, 0.15) is 16.1 Å². The summed E-state index contributed by atoms with van der Waals surface area (Å²) >= 11 is 0. The highest BCUT2D eigenvalue weighted by Crippen LogP contribution is 2.03. The Morgan fingerprint density at radius 2 is 2.42 bits per heavy atom. The molecular weight excluding hydrogens is 154 g/mol. The Morgan fingerprint density at radius 1 is 1.75 bits per heavy atom. The van der Waals surface area contributed by atoms with Gasteiger partial charge in [0.05, 0.1) is 6.54 Å². The Bertz CT molecular complexity index is 290. The fraction of sp³-hybridized carbons (Fsp3) is 0.500. The van der Waals surface area contributed by atoms with Crippen LogP contribution in [0.5, 0.6) is 0 Å². The monoisotopic (exact) mass is 167 g/mol. The molecule has 1 aromatic rings. The molecule has 0 aliphatic rings. The van der Waals surface area contributed by atoms with Crippen molar-refractivity contribution in [1.82, 2.24) is 15.1 Å². The zero-order valence-electron chi connectivity index (χ0n) is 7.59. The first-order chi connectivity index (χ1) is 5.65. The Labute approximate surface area is 71.6 Å². The van der Waals surface area contributed by atoms with Crippen molar-refractivity contribution in [2.75, 3.05) is 13.6 Å². The van der Waals surface area contributed by atoms with Gasteiger partial charge in [0, 0.05) is 13.2 Å². The Kier molecular flexibility index (Phi) is 2.60. The van der Waals surface area contributed by atoms with E-state index in [1.165, 1.54) is 0 Å². The lowest BCUT2D eigenvalue weighted by atomic mass is 10.2. The van der Waals surface area contributed by atoms with E-state index in [1.54, 1.807) is 11.7 Å². The summed E-state index contributed by atoms with van der Waals surface area (Å²) in [5.74, 6) is 0.0376. The fourth-order valence-corrected chi connectivity index (χ4v) is 1.13. The van der Waals surface area contributed by atoms with Gasteiger partial charge in [-0.1, -0.05) is 0 Å². The standard InChI is InChI=1S/C8H13N3O/c1-6-5-11(3)10-8(6)7(12)4-9-2/h5,9H,4H2,1-3H3. The average Bonchev–Trinajstić information content (AvgIpc) is 2.30. The first kappa shape index (κ1) is 8.93. The van der Waals surface area contributed by atoms with Gasteiger partial charge < -0.3 is 5.32 Å². The van der Waals surface area contributed by atoms with Crippen LogP contribution in [0.4, 0.5) is 0 Å². The molecule has 0 radical (unpaired) electrons. The number of nitrogens with zero attached hydrogens (tertiary/aromatic N) is 2. The maximum absolute atomic E-state index is 11.3. The number of aromatic nitrogens is 2. The zero-order chi connectivity index (χ0) is 9.14. The van der Waals surface area contributed by atoms with Crippen molar-refractivity contribution in [1.29, 1.82) is 0 Å². The van der Waals surface area contributed by atoms with Crippen LogP contribution in [0.3, 0.4) is 0 Å². The normalized spacial score (nSPS) is 10.2. The number of rotatable bonds is 3. The maximum Gasteiger partial charge on any atom is 0.197 e. The molecule has 1 aromatic heterocycles. The molecule has 0 fully saturated rings. The summed E-state index contributed by atoms with van der Waals surface area (Å²) < 4.78 is 1.65. The molecule has 0 saturated heterocycles. The topological polar surface area (TPSA) is 46.9 Å². The molecule has 66 valence electrons.